The summed E-state index contributed by atoms with van der Waals surface area (Å²) in [5.41, 5.74) is 1.24. The second-order valence-corrected chi connectivity index (χ2v) is 7.27. The molecule has 8 heteroatoms. The average Bonchev–Trinajstić information content (AvgIpc) is 3.36. The van der Waals surface area contributed by atoms with Gasteiger partial charge in [0.2, 0.25) is 0 Å². The van der Waals surface area contributed by atoms with Crippen LogP contribution in [0.15, 0.2) is 36.5 Å². The predicted molar refractivity (Wildman–Crippen MR) is 105 cm³/mol. The SMILES string of the molecule is CNC(=O)c1cc(Oc2ccc3nc(N(C)[C@@H]4CCCO4)sc3c2)ccn1. The summed E-state index contributed by atoms with van der Waals surface area (Å²) in [6.45, 7) is 0.807. The van der Waals surface area contributed by atoms with Crippen LogP contribution in [0.2, 0.25) is 0 Å². The van der Waals surface area contributed by atoms with Crippen molar-refractivity contribution in [3.63, 3.8) is 0 Å². The Morgan fingerprint density at radius 3 is 2.96 bits per heavy atom. The van der Waals surface area contributed by atoms with Gasteiger partial charge in [-0.1, -0.05) is 11.3 Å². The minimum Gasteiger partial charge on any atom is -0.457 e. The fraction of sp³-hybridized carbons (Fsp3) is 0.316. The van der Waals surface area contributed by atoms with Gasteiger partial charge in [0.1, 0.15) is 23.4 Å². The highest BCUT2D eigenvalue weighted by Crippen LogP contribution is 2.34. The summed E-state index contributed by atoms with van der Waals surface area (Å²) < 4.78 is 12.7. The molecule has 0 aliphatic carbocycles. The third-order valence-electron chi connectivity index (χ3n) is 4.41. The van der Waals surface area contributed by atoms with E-state index in [-0.39, 0.29) is 12.1 Å². The highest BCUT2D eigenvalue weighted by Gasteiger charge is 2.23. The predicted octanol–water partition coefficient (Wildman–Crippen LogP) is 3.42. The van der Waals surface area contributed by atoms with E-state index < -0.39 is 0 Å². The van der Waals surface area contributed by atoms with E-state index in [1.807, 2.05) is 25.2 Å². The van der Waals surface area contributed by atoms with Crippen molar-refractivity contribution in [2.45, 2.75) is 19.1 Å². The molecule has 1 saturated heterocycles. The van der Waals surface area contributed by atoms with Crippen LogP contribution in [0.4, 0.5) is 5.13 Å². The van der Waals surface area contributed by atoms with Gasteiger partial charge in [-0.3, -0.25) is 9.78 Å². The van der Waals surface area contributed by atoms with Crippen molar-refractivity contribution in [2.24, 2.45) is 0 Å². The molecule has 1 atom stereocenters. The lowest BCUT2D eigenvalue weighted by Gasteiger charge is -2.22. The van der Waals surface area contributed by atoms with Crippen molar-refractivity contribution in [2.75, 3.05) is 25.6 Å². The van der Waals surface area contributed by atoms with E-state index in [0.717, 1.165) is 34.8 Å². The highest BCUT2D eigenvalue weighted by atomic mass is 32.1. The quantitative estimate of drug-likeness (QED) is 0.726. The number of benzene rings is 1. The topological polar surface area (TPSA) is 76.6 Å². The number of carbonyl (C=O) groups is 1. The van der Waals surface area contributed by atoms with E-state index in [0.29, 0.717) is 17.2 Å². The molecule has 27 heavy (non-hydrogen) atoms. The van der Waals surface area contributed by atoms with E-state index in [2.05, 4.69) is 15.2 Å². The Hall–Kier alpha value is -2.71. The van der Waals surface area contributed by atoms with Crippen molar-refractivity contribution in [1.29, 1.82) is 0 Å². The molecule has 0 spiro atoms. The number of thiazole rings is 1. The van der Waals surface area contributed by atoms with E-state index in [9.17, 15) is 4.79 Å². The lowest BCUT2D eigenvalue weighted by Crippen LogP contribution is -2.30. The van der Waals surface area contributed by atoms with Gasteiger partial charge >= 0.3 is 0 Å². The Morgan fingerprint density at radius 1 is 1.33 bits per heavy atom. The Kier molecular flexibility index (Phi) is 4.91. The van der Waals surface area contributed by atoms with Gasteiger partial charge in [-0.05, 0) is 31.0 Å². The van der Waals surface area contributed by atoms with Crippen molar-refractivity contribution >= 4 is 32.6 Å². The van der Waals surface area contributed by atoms with Crippen LogP contribution in [0, 0.1) is 0 Å². The minimum absolute atomic E-state index is 0.0984. The van der Waals surface area contributed by atoms with Gasteiger partial charge in [0.15, 0.2) is 5.13 Å². The molecule has 1 amide bonds. The maximum absolute atomic E-state index is 11.7. The molecule has 140 valence electrons. The van der Waals surface area contributed by atoms with Crippen molar-refractivity contribution in [1.82, 2.24) is 15.3 Å². The van der Waals surface area contributed by atoms with Gasteiger partial charge < -0.3 is 19.7 Å². The fourth-order valence-electron chi connectivity index (χ4n) is 2.96. The molecule has 1 N–H and O–H groups in total. The van der Waals surface area contributed by atoms with Crippen LogP contribution in [0.3, 0.4) is 0 Å². The van der Waals surface area contributed by atoms with Crippen molar-refractivity contribution < 1.29 is 14.3 Å². The first-order chi connectivity index (χ1) is 13.1. The monoisotopic (exact) mass is 384 g/mol. The summed E-state index contributed by atoms with van der Waals surface area (Å²) in [5.74, 6) is 0.996. The maximum atomic E-state index is 11.7. The van der Waals surface area contributed by atoms with Crippen LogP contribution >= 0.6 is 11.3 Å². The average molecular weight is 384 g/mol. The highest BCUT2D eigenvalue weighted by molar-refractivity contribution is 7.22. The fourth-order valence-corrected chi connectivity index (χ4v) is 3.95. The summed E-state index contributed by atoms with van der Waals surface area (Å²) >= 11 is 1.61. The van der Waals surface area contributed by atoms with Gasteiger partial charge in [0, 0.05) is 39.0 Å². The van der Waals surface area contributed by atoms with Crippen LogP contribution in [0.25, 0.3) is 10.2 Å². The van der Waals surface area contributed by atoms with Gasteiger partial charge in [-0.15, -0.1) is 0 Å². The first kappa shape index (κ1) is 17.7. The molecule has 7 nitrogen and oxygen atoms in total. The first-order valence-electron chi connectivity index (χ1n) is 8.75. The number of aromatic nitrogens is 2. The van der Waals surface area contributed by atoms with Crippen LogP contribution < -0.4 is 15.0 Å². The molecular formula is C19H20N4O3S. The molecule has 3 aromatic rings. The molecular weight excluding hydrogens is 364 g/mol. The lowest BCUT2D eigenvalue weighted by molar-refractivity contribution is 0.0958. The van der Waals surface area contributed by atoms with E-state index in [1.165, 1.54) is 0 Å². The molecule has 0 bridgehead atoms. The molecule has 0 unspecified atom stereocenters. The van der Waals surface area contributed by atoms with Crippen molar-refractivity contribution in [3.05, 3.63) is 42.2 Å². The van der Waals surface area contributed by atoms with Gasteiger partial charge in [0.05, 0.1) is 10.2 Å². The zero-order valence-electron chi connectivity index (χ0n) is 15.1. The third kappa shape index (κ3) is 3.72. The number of hydrogen-bond acceptors (Lipinski definition) is 7. The second-order valence-electron chi connectivity index (χ2n) is 6.26. The van der Waals surface area contributed by atoms with E-state index in [4.69, 9.17) is 14.5 Å². The Morgan fingerprint density at radius 2 is 2.19 bits per heavy atom. The number of ether oxygens (including phenoxy) is 2. The van der Waals surface area contributed by atoms with Crippen LogP contribution in [-0.4, -0.2) is 42.8 Å². The molecule has 3 heterocycles. The summed E-state index contributed by atoms with van der Waals surface area (Å²) in [6, 6.07) is 9.11. The molecule has 4 rings (SSSR count). The van der Waals surface area contributed by atoms with Crippen LogP contribution in [-0.2, 0) is 4.74 Å². The molecule has 1 aliphatic rings. The number of nitrogens with zero attached hydrogens (tertiary/aromatic N) is 3. The number of hydrogen-bond donors (Lipinski definition) is 1. The number of fused-ring (bicyclic) bond motifs is 1. The molecule has 0 saturated carbocycles. The standard InChI is InChI=1S/C19H20N4O3S/c1-20-18(24)15-10-13(7-8-21-15)26-12-5-6-14-16(11-12)27-19(22-14)23(2)17-4-3-9-25-17/h5-8,10-11,17H,3-4,9H2,1-2H3,(H,20,24)/t17-/m0/s1. The minimum atomic E-state index is -0.250. The second kappa shape index (κ2) is 7.50. The number of anilines is 1. The molecule has 0 radical (unpaired) electrons. The molecule has 1 aliphatic heterocycles. The zero-order valence-corrected chi connectivity index (χ0v) is 16.0. The lowest BCUT2D eigenvalue weighted by atomic mass is 10.3. The molecule has 2 aromatic heterocycles. The third-order valence-corrected chi connectivity index (χ3v) is 5.52. The largest absolute Gasteiger partial charge is 0.457 e. The van der Waals surface area contributed by atoms with Crippen LogP contribution in [0.5, 0.6) is 11.5 Å². The number of carbonyl (C=O) groups excluding carboxylic acids is 1. The van der Waals surface area contributed by atoms with E-state index >= 15 is 0 Å². The Labute approximate surface area is 160 Å². The maximum Gasteiger partial charge on any atom is 0.269 e. The summed E-state index contributed by atoms with van der Waals surface area (Å²) in [4.78, 5) is 22.6. The summed E-state index contributed by atoms with van der Waals surface area (Å²) in [5, 5.41) is 3.48. The first-order valence-corrected chi connectivity index (χ1v) is 9.57. The van der Waals surface area contributed by atoms with Crippen LogP contribution in [0.1, 0.15) is 23.3 Å². The summed E-state index contributed by atoms with van der Waals surface area (Å²) in [7, 11) is 3.59. The van der Waals surface area contributed by atoms with Gasteiger partial charge in [0.25, 0.3) is 5.91 Å². The Balaban J connectivity index is 1.56. The number of amides is 1. The van der Waals surface area contributed by atoms with E-state index in [1.54, 1.807) is 36.7 Å². The normalized spacial score (nSPS) is 16.4. The summed E-state index contributed by atoms with van der Waals surface area (Å²) in [6.07, 6.45) is 3.76. The number of pyridine rings is 1. The van der Waals surface area contributed by atoms with Crippen molar-refractivity contribution in [3.8, 4) is 11.5 Å². The number of nitrogens with one attached hydrogen (secondary N) is 1. The van der Waals surface area contributed by atoms with Gasteiger partial charge in [-0.2, -0.15) is 0 Å². The smallest absolute Gasteiger partial charge is 0.269 e. The van der Waals surface area contributed by atoms with Gasteiger partial charge in [-0.25, -0.2) is 4.98 Å². The number of rotatable bonds is 5. The zero-order chi connectivity index (χ0) is 18.8. The molecule has 1 fully saturated rings. The Bertz CT molecular complexity index is 968. The molecule has 1 aromatic carbocycles.